The zero-order valence-electron chi connectivity index (χ0n) is 18.6. The quantitative estimate of drug-likeness (QED) is 0.237. The Labute approximate surface area is 192 Å². The second kappa shape index (κ2) is 5.66. The summed E-state index contributed by atoms with van der Waals surface area (Å²) in [6, 6.07) is 23.7. The van der Waals surface area contributed by atoms with E-state index >= 15 is 0 Å². The molecule has 4 aromatic carbocycles. The molecule has 0 atom stereocenters. The lowest BCUT2D eigenvalue weighted by atomic mass is 9.72. The van der Waals surface area contributed by atoms with Crippen LogP contribution in [0.4, 0.5) is 0 Å². The highest BCUT2D eigenvalue weighted by Crippen LogP contribution is 2.63. The predicted octanol–water partition coefficient (Wildman–Crippen LogP) is 8.85. The highest BCUT2D eigenvalue weighted by molar-refractivity contribution is 6.31. The van der Waals surface area contributed by atoms with E-state index < -0.39 is 0 Å². The van der Waals surface area contributed by atoms with E-state index in [1.54, 1.807) is 0 Å². The van der Waals surface area contributed by atoms with E-state index in [1.807, 2.05) is 6.07 Å². The molecule has 2 aliphatic rings. The van der Waals surface area contributed by atoms with Crippen molar-refractivity contribution < 1.29 is 4.42 Å². The molecular weight excluding hydrogens is 412 g/mol. The van der Waals surface area contributed by atoms with Gasteiger partial charge in [0.2, 0.25) is 0 Å². The maximum Gasteiger partial charge on any atom is 0.144 e. The summed E-state index contributed by atoms with van der Waals surface area (Å²) in [7, 11) is 0. The van der Waals surface area contributed by atoms with Crippen LogP contribution in [-0.2, 0) is 10.8 Å². The van der Waals surface area contributed by atoms with E-state index in [4.69, 9.17) is 16.0 Å². The van der Waals surface area contributed by atoms with Crippen LogP contribution in [0.5, 0.6) is 0 Å². The lowest BCUT2D eigenvalue weighted by Crippen LogP contribution is -2.24. The first kappa shape index (κ1) is 18.5. The molecule has 1 aromatic heterocycles. The fraction of sp³-hybridized carbons (Fsp3) is 0.200. The number of fused-ring (bicyclic) bond motifs is 12. The fourth-order valence-corrected chi connectivity index (χ4v) is 6.67. The number of rotatable bonds is 0. The third-order valence-electron chi connectivity index (χ3n) is 7.87. The van der Waals surface area contributed by atoms with Gasteiger partial charge in [-0.15, -0.1) is 0 Å². The molecule has 5 aromatic rings. The van der Waals surface area contributed by atoms with Crippen LogP contribution in [0.3, 0.4) is 0 Å². The van der Waals surface area contributed by atoms with E-state index in [0.717, 1.165) is 16.2 Å². The van der Waals surface area contributed by atoms with E-state index in [1.165, 1.54) is 55.3 Å². The maximum absolute atomic E-state index is 6.65. The number of benzene rings is 4. The van der Waals surface area contributed by atoms with Crippen molar-refractivity contribution in [1.29, 1.82) is 0 Å². The summed E-state index contributed by atoms with van der Waals surface area (Å²) in [6.45, 7) is 9.42. The minimum absolute atomic E-state index is 0.119. The topological polar surface area (TPSA) is 13.1 Å². The van der Waals surface area contributed by atoms with E-state index in [9.17, 15) is 0 Å². The monoisotopic (exact) mass is 434 g/mol. The number of furan rings is 1. The Hall–Kier alpha value is -3.03. The van der Waals surface area contributed by atoms with Gasteiger partial charge in [-0.2, -0.15) is 0 Å². The minimum atomic E-state index is -0.161. The molecule has 0 spiro atoms. The van der Waals surface area contributed by atoms with Crippen LogP contribution in [0.25, 0.3) is 44.2 Å². The van der Waals surface area contributed by atoms with Crippen LogP contribution in [-0.4, -0.2) is 0 Å². The zero-order valence-corrected chi connectivity index (χ0v) is 19.4. The van der Waals surface area contributed by atoms with Gasteiger partial charge in [-0.1, -0.05) is 87.8 Å². The van der Waals surface area contributed by atoms with Crippen LogP contribution < -0.4 is 0 Å². The summed E-state index contributed by atoms with van der Waals surface area (Å²) >= 11 is 6.51. The fourth-order valence-electron chi connectivity index (χ4n) is 6.50. The summed E-state index contributed by atoms with van der Waals surface area (Å²) in [5.74, 6) is 0. The largest absolute Gasteiger partial charge is 0.455 e. The molecule has 1 heterocycles. The molecule has 2 aliphatic carbocycles. The average molecular weight is 435 g/mol. The Morgan fingerprint density at radius 3 is 2.19 bits per heavy atom. The molecule has 0 saturated carbocycles. The average Bonchev–Trinajstić information content (AvgIpc) is 3.34. The molecule has 0 radical (unpaired) electrons. The first-order valence-electron chi connectivity index (χ1n) is 11.2. The lowest BCUT2D eigenvalue weighted by Gasteiger charge is -2.31. The summed E-state index contributed by atoms with van der Waals surface area (Å²) in [6.07, 6.45) is 0. The first-order chi connectivity index (χ1) is 15.3. The molecule has 0 bridgehead atoms. The molecule has 7 rings (SSSR count). The van der Waals surface area contributed by atoms with Gasteiger partial charge in [0.05, 0.1) is 0 Å². The molecule has 0 amide bonds. The number of hydrogen-bond acceptors (Lipinski definition) is 1. The van der Waals surface area contributed by atoms with Gasteiger partial charge in [-0.05, 0) is 57.1 Å². The lowest BCUT2D eigenvalue weighted by molar-refractivity contribution is 0.600. The Balaban J connectivity index is 1.81. The van der Waals surface area contributed by atoms with Gasteiger partial charge in [0.15, 0.2) is 0 Å². The number of hydrogen-bond donors (Lipinski definition) is 0. The van der Waals surface area contributed by atoms with E-state index in [2.05, 4.69) is 88.4 Å². The molecule has 0 fully saturated rings. The van der Waals surface area contributed by atoms with Crippen molar-refractivity contribution in [1.82, 2.24) is 0 Å². The SMILES string of the molecule is CC1(C)c2ccccc2-c2c1c1c(c3c2oc2ccccc23)-c2ccc(Cl)cc2C1(C)C. The van der Waals surface area contributed by atoms with Crippen molar-refractivity contribution in [2.45, 2.75) is 38.5 Å². The Morgan fingerprint density at radius 1 is 0.688 bits per heavy atom. The predicted molar refractivity (Wildman–Crippen MR) is 134 cm³/mol. The smallest absolute Gasteiger partial charge is 0.144 e. The van der Waals surface area contributed by atoms with Crippen LogP contribution in [0.1, 0.15) is 49.9 Å². The Morgan fingerprint density at radius 2 is 1.34 bits per heavy atom. The minimum Gasteiger partial charge on any atom is -0.455 e. The van der Waals surface area contributed by atoms with Gasteiger partial charge < -0.3 is 4.42 Å². The first-order valence-corrected chi connectivity index (χ1v) is 11.6. The van der Waals surface area contributed by atoms with Gasteiger partial charge in [0, 0.05) is 32.2 Å². The summed E-state index contributed by atoms with van der Waals surface area (Å²) < 4.78 is 6.65. The molecule has 0 saturated heterocycles. The van der Waals surface area contributed by atoms with Crippen molar-refractivity contribution in [3.05, 3.63) is 94.0 Å². The van der Waals surface area contributed by atoms with Crippen molar-refractivity contribution in [3.8, 4) is 22.3 Å². The second-order valence-corrected chi connectivity index (χ2v) is 10.7. The van der Waals surface area contributed by atoms with Crippen LogP contribution in [0.2, 0.25) is 5.02 Å². The van der Waals surface area contributed by atoms with Gasteiger partial charge in [-0.25, -0.2) is 0 Å². The van der Waals surface area contributed by atoms with Crippen LogP contribution in [0.15, 0.2) is 71.1 Å². The highest BCUT2D eigenvalue weighted by Gasteiger charge is 2.48. The van der Waals surface area contributed by atoms with Gasteiger partial charge in [0.1, 0.15) is 11.2 Å². The molecule has 156 valence electrons. The molecule has 2 heteroatoms. The van der Waals surface area contributed by atoms with E-state index in [-0.39, 0.29) is 10.8 Å². The number of para-hydroxylation sites is 1. The van der Waals surface area contributed by atoms with Crippen LogP contribution >= 0.6 is 11.6 Å². The molecule has 0 N–H and O–H groups in total. The van der Waals surface area contributed by atoms with Gasteiger partial charge in [0.25, 0.3) is 0 Å². The normalized spacial score (nSPS) is 16.8. The van der Waals surface area contributed by atoms with Crippen molar-refractivity contribution in [2.75, 3.05) is 0 Å². The van der Waals surface area contributed by atoms with Gasteiger partial charge in [-0.3, -0.25) is 0 Å². The third-order valence-corrected chi connectivity index (χ3v) is 8.10. The van der Waals surface area contributed by atoms with Crippen molar-refractivity contribution >= 4 is 33.5 Å². The zero-order chi connectivity index (χ0) is 22.0. The Bertz CT molecular complexity index is 1630. The molecule has 0 unspecified atom stereocenters. The molecular formula is C30H23ClO. The molecule has 0 aliphatic heterocycles. The standard InChI is InChI=1S/C30H23ClO/c1-29(2)20-11-7-5-9-17(20)25-27(29)26-23(18-14-13-16(31)15-21(18)30(26,3)4)24-19-10-6-8-12-22(19)32-28(24)25/h5-15H,1-4H3. The highest BCUT2D eigenvalue weighted by atomic mass is 35.5. The van der Waals surface area contributed by atoms with E-state index in [0.29, 0.717) is 0 Å². The summed E-state index contributed by atoms with van der Waals surface area (Å²) in [4.78, 5) is 0. The van der Waals surface area contributed by atoms with Gasteiger partial charge >= 0.3 is 0 Å². The summed E-state index contributed by atoms with van der Waals surface area (Å²) in [5, 5.41) is 3.20. The second-order valence-electron chi connectivity index (χ2n) is 10.3. The van der Waals surface area contributed by atoms with Crippen molar-refractivity contribution in [3.63, 3.8) is 0 Å². The molecule has 1 nitrogen and oxygen atoms in total. The van der Waals surface area contributed by atoms with Crippen molar-refractivity contribution in [2.24, 2.45) is 0 Å². The third kappa shape index (κ3) is 1.97. The summed E-state index contributed by atoms with van der Waals surface area (Å²) in [5.41, 5.74) is 12.3. The molecule has 32 heavy (non-hydrogen) atoms. The van der Waals surface area contributed by atoms with Crippen LogP contribution in [0, 0.1) is 0 Å². The Kier molecular flexibility index (Phi) is 3.28. The number of halogens is 1. The maximum atomic E-state index is 6.65.